The molecule has 3 aromatic rings. The van der Waals surface area contributed by atoms with Gasteiger partial charge in [0.15, 0.2) is 0 Å². The summed E-state index contributed by atoms with van der Waals surface area (Å²) < 4.78 is 0. The number of hydrogen-bond acceptors (Lipinski definition) is 1. The van der Waals surface area contributed by atoms with Gasteiger partial charge in [-0.15, -0.1) is 0 Å². The molecule has 0 amide bonds. The van der Waals surface area contributed by atoms with Crippen LogP contribution in [0.15, 0.2) is 54.7 Å². The number of benzene rings is 2. The molecule has 0 saturated heterocycles. The second-order valence-electron chi connectivity index (χ2n) is 5.94. The molecule has 0 bridgehead atoms. The van der Waals surface area contributed by atoms with Gasteiger partial charge >= 0.3 is 0 Å². The minimum absolute atomic E-state index is 0.604. The van der Waals surface area contributed by atoms with E-state index in [0.29, 0.717) is 6.04 Å². The summed E-state index contributed by atoms with van der Waals surface area (Å²) in [7, 11) is 0. The number of aromatic nitrogens is 1. The Bertz CT molecular complexity index is 732. The van der Waals surface area contributed by atoms with E-state index in [0.717, 1.165) is 13.0 Å². The van der Waals surface area contributed by atoms with Gasteiger partial charge in [0.05, 0.1) is 0 Å². The van der Waals surface area contributed by atoms with Crippen molar-refractivity contribution in [2.75, 3.05) is 6.54 Å². The summed E-state index contributed by atoms with van der Waals surface area (Å²) in [6, 6.07) is 17.9. The standard InChI is InChI=1S/C19H20N2/c1-2-6-15-12-17(11-14(15)5-1)20-10-9-16-13-21-19-8-4-3-7-18(16)19/h1-8,13,17,20-21H,9-12H2. The van der Waals surface area contributed by atoms with Gasteiger partial charge in [0.1, 0.15) is 0 Å². The van der Waals surface area contributed by atoms with Crippen molar-refractivity contribution in [2.45, 2.75) is 25.3 Å². The highest BCUT2D eigenvalue weighted by molar-refractivity contribution is 5.83. The van der Waals surface area contributed by atoms with Gasteiger partial charge < -0.3 is 10.3 Å². The van der Waals surface area contributed by atoms with Gasteiger partial charge in [0.2, 0.25) is 0 Å². The van der Waals surface area contributed by atoms with Gasteiger partial charge in [-0.25, -0.2) is 0 Å². The minimum atomic E-state index is 0.604. The van der Waals surface area contributed by atoms with E-state index in [1.807, 2.05) is 0 Å². The SMILES string of the molecule is c1ccc2c(c1)CC(NCCc1c[nH]c3ccccc13)C2. The molecule has 21 heavy (non-hydrogen) atoms. The highest BCUT2D eigenvalue weighted by atomic mass is 14.9. The van der Waals surface area contributed by atoms with Crippen LogP contribution in [0, 0.1) is 0 Å². The molecular formula is C19H20N2. The summed E-state index contributed by atoms with van der Waals surface area (Å²) in [6.45, 7) is 1.04. The van der Waals surface area contributed by atoms with Crippen LogP contribution >= 0.6 is 0 Å². The molecule has 1 aliphatic rings. The van der Waals surface area contributed by atoms with E-state index in [4.69, 9.17) is 0 Å². The second-order valence-corrected chi connectivity index (χ2v) is 5.94. The zero-order chi connectivity index (χ0) is 14.1. The number of fused-ring (bicyclic) bond motifs is 2. The van der Waals surface area contributed by atoms with Gasteiger partial charge in [0, 0.05) is 23.1 Å². The molecule has 0 saturated carbocycles. The smallest absolute Gasteiger partial charge is 0.0456 e. The summed E-state index contributed by atoms with van der Waals surface area (Å²) in [4.78, 5) is 3.35. The topological polar surface area (TPSA) is 27.8 Å². The van der Waals surface area contributed by atoms with Gasteiger partial charge in [-0.2, -0.15) is 0 Å². The van der Waals surface area contributed by atoms with Crippen molar-refractivity contribution in [3.8, 4) is 0 Å². The zero-order valence-electron chi connectivity index (χ0n) is 12.1. The van der Waals surface area contributed by atoms with Gasteiger partial charge in [-0.1, -0.05) is 42.5 Å². The maximum absolute atomic E-state index is 3.72. The van der Waals surface area contributed by atoms with E-state index < -0.39 is 0 Å². The lowest BCUT2D eigenvalue weighted by Gasteiger charge is -2.11. The van der Waals surface area contributed by atoms with E-state index in [1.165, 1.54) is 40.4 Å². The molecule has 2 heteroatoms. The summed E-state index contributed by atoms with van der Waals surface area (Å²) in [5.41, 5.74) is 5.68. The predicted octanol–water partition coefficient (Wildman–Crippen LogP) is 3.47. The van der Waals surface area contributed by atoms with Crippen LogP contribution < -0.4 is 5.32 Å². The molecule has 0 atom stereocenters. The lowest BCUT2D eigenvalue weighted by atomic mass is 10.1. The van der Waals surface area contributed by atoms with E-state index in [2.05, 4.69) is 65.0 Å². The maximum Gasteiger partial charge on any atom is 0.0456 e. The Morgan fingerprint density at radius 3 is 2.48 bits per heavy atom. The number of H-pyrrole nitrogens is 1. The Balaban J connectivity index is 1.37. The van der Waals surface area contributed by atoms with Crippen LogP contribution in [0.2, 0.25) is 0 Å². The van der Waals surface area contributed by atoms with E-state index >= 15 is 0 Å². The highest BCUT2D eigenvalue weighted by Crippen LogP contribution is 2.22. The number of hydrogen-bond donors (Lipinski definition) is 2. The average Bonchev–Trinajstić information content (AvgIpc) is 3.11. The van der Waals surface area contributed by atoms with Gasteiger partial charge in [-0.3, -0.25) is 0 Å². The Hall–Kier alpha value is -2.06. The Morgan fingerprint density at radius 2 is 1.67 bits per heavy atom. The molecule has 1 aliphatic carbocycles. The van der Waals surface area contributed by atoms with Crippen molar-refractivity contribution in [3.63, 3.8) is 0 Å². The van der Waals surface area contributed by atoms with Crippen molar-refractivity contribution < 1.29 is 0 Å². The van der Waals surface area contributed by atoms with Crippen LogP contribution in [-0.4, -0.2) is 17.6 Å². The third kappa shape index (κ3) is 2.47. The average molecular weight is 276 g/mol. The molecule has 106 valence electrons. The third-order valence-electron chi connectivity index (χ3n) is 4.55. The zero-order valence-corrected chi connectivity index (χ0v) is 12.1. The number of aromatic amines is 1. The van der Waals surface area contributed by atoms with Crippen LogP contribution in [0.25, 0.3) is 10.9 Å². The lowest BCUT2D eigenvalue weighted by molar-refractivity contribution is 0.537. The molecule has 2 nitrogen and oxygen atoms in total. The Morgan fingerprint density at radius 1 is 0.952 bits per heavy atom. The molecule has 0 fully saturated rings. The van der Waals surface area contributed by atoms with Crippen molar-refractivity contribution in [3.05, 3.63) is 71.4 Å². The fraction of sp³-hybridized carbons (Fsp3) is 0.263. The van der Waals surface area contributed by atoms with Crippen LogP contribution in [0.5, 0.6) is 0 Å². The largest absolute Gasteiger partial charge is 0.361 e. The van der Waals surface area contributed by atoms with Crippen molar-refractivity contribution in [1.29, 1.82) is 0 Å². The first-order chi connectivity index (χ1) is 10.4. The van der Waals surface area contributed by atoms with Crippen LogP contribution in [0.3, 0.4) is 0 Å². The normalized spacial score (nSPS) is 14.7. The minimum Gasteiger partial charge on any atom is -0.361 e. The van der Waals surface area contributed by atoms with Crippen molar-refractivity contribution in [1.82, 2.24) is 10.3 Å². The summed E-state index contributed by atoms with van der Waals surface area (Å²) >= 11 is 0. The van der Waals surface area contributed by atoms with Crippen LogP contribution in [-0.2, 0) is 19.3 Å². The molecule has 2 N–H and O–H groups in total. The quantitative estimate of drug-likeness (QED) is 0.750. The number of rotatable bonds is 4. The molecule has 0 spiro atoms. The monoisotopic (exact) mass is 276 g/mol. The lowest BCUT2D eigenvalue weighted by Crippen LogP contribution is -2.31. The summed E-state index contributed by atoms with van der Waals surface area (Å²) in [6.07, 6.45) is 5.57. The van der Waals surface area contributed by atoms with Crippen molar-refractivity contribution in [2.24, 2.45) is 0 Å². The summed E-state index contributed by atoms with van der Waals surface area (Å²) in [5.74, 6) is 0. The molecule has 0 aliphatic heterocycles. The number of nitrogens with one attached hydrogen (secondary N) is 2. The Kier molecular flexibility index (Phi) is 3.24. The first kappa shape index (κ1) is 12.7. The van der Waals surface area contributed by atoms with Gasteiger partial charge in [-0.05, 0) is 48.6 Å². The van der Waals surface area contributed by atoms with Gasteiger partial charge in [0.25, 0.3) is 0 Å². The fourth-order valence-corrected chi connectivity index (χ4v) is 3.45. The molecule has 1 aromatic heterocycles. The number of para-hydroxylation sites is 1. The molecular weight excluding hydrogens is 256 g/mol. The van der Waals surface area contributed by atoms with Crippen LogP contribution in [0.4, 0.5) is 0 Å². The Labute approximate surface area is 125 Å². The second kappa shape index (κ2) is 5.38. The van der Waals surface area contributed by atoms with E-state index in [9.17, 15) is 0 Å². The molecule has 0 unspecified atom stereocenters. The first-order valence-corrected chi connectivity index (χ1v) is 7.75. The van der Waals surface area contributed by atoms with Crippen molar-refractivity contribution >= 4 is 10.9 Å². The highest BCUT2D eigenvalue weighted by Gasteiger charge is 2.19. The maximum atomic E-state index is 3.72. The van der Waals surface area contributed by atoms with E-state index in [1.54, 1.807) is 0 Å². The first-order valence-electron chi connectivity index (χ1n) is 7.75. The molecule has 1 heterocycles. The summed E-state index contributed by atoms with van der Waals surface area (Å²) in [5, 5.41) is 5.07. The third-order valence-corrected chi connectivity index (χ3v) is 4.55. The predicted molar refractivity (Wildman–Crippen MR) is 87.6 cm³/mol. The van der Waals surface area contributed by atoms with Crippen LogP contribution in [0.1, 0.15) is 16.7 Å². The molecule has 0 radical (unpaired) electrons. The molecule has 2 aromatic carbocycles. The van der Waals surface area contributed by atoms with E-state index in [-0.39, 0.29) is 0 Å². The fourth-order valence-electron chi connectivity index (χ4n) is 3.45. The molecule has 4 rings (SSSR count).